The number of rotatable bonds is 1. The Balaban J connectivity index is 3.07. The molecule has 1 rings (SSSR count). The zero-order valence-corrected chi connectivity index (χ0v) is 5.97. The van der Waals surface area contributed by atoms with E-state index in [0.29, 0.717) is 11.4 Å². The molecule has 1 aromatic rings. The van der Waals surface area contributed by atoms with Gasteiger partial charge in [0, 0.05) is 6.07 Å². The van der Waals surface area contributed by atoms with Gasteiger partial charge in [-0.3, -0.25) is 4.98 Å². The van der Waals surface area contributed by atoms with Gasteiger partial charge in [-0.2, -0.15) is 0 Å². The fraction of sp³-hybridized carbons (Fsp3) is 0.167. The van der Waals surface area contributed by atoms with E-state index in [0.717, 1.165) is 0 Å². The Morgan fingerprint density at radius 1 is 1.70 bits per heavy atom. The van der Waals surface area contributed by atoms with Crippen LogP contribution in [0, 0.1) is 0 Å². The van der Waals surface area contributed by atoms with E-state index in [-0.39, 0.29) is 11.6 Å². The first-order chi connectivity index (χ1) is 4.74. The van der Waals surface area contributed by atoms with Crippen LogP contribution in [0.5, 0.6) is 5.75 Å². The molecule has 1 heterocycles. The molecule has 0 radical (unpaired) electrons. The summed E-state index contributed by atoms with van der Waals surface area (Å²) in [5.41, 5.74) is 6.45. The zero-order valence-electron chi connectivity index (χ0n) is 5.21. The van der Waals surface area contributed by atoms with Crippen LogP contribution in [-0.4, -0.2) is 10.1 Å². The van der Waals surface area contributed by atoms with Crippen LogP contribution in [0.1, 0.15) is 5.69 Å². The first kappa shape index (κ1) is 7.15. The molecule has 0 aliphatic heterocycles. The maximum atomic E-state index is 8.85. The third-order valence-corrected chi connectivity index (χ3v) is 1.37. The number of nitrogens with two attached hydrogens (primary N) is 1. The Hall–Kier alpha value is -0.960. The molecule has 0 saturated heterocycles. The van der Waals surface area contributed by atoms with E-state index in [2.05, 4.69) is 4.98 Å². The maximum Gasteiger partial charge on any atom is 0.135 e. The smallest absolute Gasteiger partial charge is 0.135 e. The van der Waals surface area contributed by atoms with E-state index in [1.54, 1.807) is 0 Å². The lowest BCUT2D eigenvalue weighted by Crippen LogP contribution is -1.93. The minimum absolute atomic E-state index is 0.0615. The van der Waals surface area contributed by atoms with E-state index < -0.39 is 0 Å². The van der Waals surface area contributed by atoms with Gasteiger partial charge in [0.15, 0.2) is 0 Å². The van der Waals surface area contributed by atoms with E-state index in [4.69, 9.17) is 22.4 Å². The summed E-state index contributed by atoms with van der Waals surface area (Å²) < 4.78 is 0. The summed E-state index contributed by atoms with van der Waals surface area (Å²) >= 11 is 5.46. The van der Waals surface area contributed by atoms with Crippen molar-refractivity contribution in [2.75, 3.05) is 5.73 Å². The predicted molar refractivity (Wildman–Crippen MR) is 39.9 cm³/mol. The quantitative estimate of drug-likeness (QED) is 0.602. The van der Waals surface area contributed by atoms with E-state index in [1.807, 2.05) is 0 Å². The molecule has 0 saturated carbocycles. The second-order valence-corrected chi connectivity index (χ2v) is 2.13. The molecule has 0 atom stereocenters. The Morgan fingerprint density at radius 2 is 2.40 bits per heavy atom. The maximum absolute atomic E-state index is 8.85. The van der Waals surface area contributed by atoms with Crippen LogP contribution in [-0.2, 0) is 5.88 Å². The second-order valence-electron chi connectivity index (χ2n) is 1.86. The van der Waals surface area contributed by atoms with Crippen molar-refractivity contribution < 1.29 is 5.11 Å². The van der Waals surface area contributed by atoms with Crippen molar-refractivity contribution in [1.82, 2.24) is 4.98 Å². The Morgan fingerprint density at radius 3 is 2.90 bits per heavy atom. The lowest BCUT2D eigenvalue weighted by atomic mass is 10.3. The molecule has 0 unspecified atom stereocenters. The summed E-state index contributed by atoms with van der Waals surface area (Å²) in [6, 6.07) is 1.42. The fourth-order valence-corrected chi connectivity index (χ4v) is 0.833. The Bertz CT molecular complexity index is 239. The van der Waals surface area contributed by atoms with Crippen molar-refractivity contribution in [3.8, 4) is 5.75 Å². The highest BCUT2D eigenvalue weighted by molar-refractivity contribution is 6.17. The topological polar surface area (TPSA) is 59.1 Å². The molecule has 0 bridgehead atoms. The number of nitrogen functional groups attached to an aromatic ring is 1. The molecule has 0 amide bonds. The number of nitrogens with zero attached hydrogens (tertiary/aromatic N) is 1. The Labute approximate surface area is 63.5 Å². The van der Waals surface area contributed by atoms with Gasteiger partial charge in [-0.25, -0.2) is 0 Å². The fourth-order valence-electron chi connectivity index (χ4n) is 0.610. The lowest BCUT2D eigenvalue weighted by molar-refractivity contribution is 0.472. The van der Waals surface area contributed by atoms with Crippen LogP contribution in [0.15, 0.2) is 12.3 Å². The van der Waals surface area contributed by atoms with Crippen molar-refractivity contribution in [2.24, 2.45) is 0 Å². The van der Waals surface area contributed by atoms with Crippen LogP contribution in [0.2, 0.25) is 0 Å². The summed E-state index contributed by atoms with van der Waals surface area (Å²) in [6.07, 6.45) is 1.31. The number of alkyl halides is 1. The molecular weight excluding hydrogens is 152 g/mol. The highest BCUT2D eigenvalue weighted by Gasteiger charge is 1.98. The number of anilines is 1. The van der Waals surface area contributed by atoms with Crippen LogP contribution >= 0.6 is 11.6 Å². The van der Waals surface area contributed by atoms with Crippen molar-refractivity contribution >= 4 is 17.3 Å². The van der Waals surface area contributed by atoms with Crippen molar-refractivity contribution in [3.05, 3.63) is 18.0 Å². The van der Waals surface area contributed by atoms with Gasteiger partial charge < -0.3 is 10.8 Å². The van der Waals surface area contributed by atoms with E-state index in [1.165, 1.54) is 12.3 Å². The summed E-state index contributed by atoms with van der Waals surface area (Å²) in [6.45, 7) is 0. The third-order valence-electron chi connectivity index (χ3n) is 1.12. The molecule has 0 fully saturated rings. The molecule has 0 aromatic carbocycles. The molecule has 1 aromatic heterocycles. The standard InChI is InChI=1S/C6H7ClN2O/c7-2-6-5(8)1-4(10)3-9-6/h1,3,10H,2,8H2. The number of halogens is 1. The number of hydrogen-bond acceptors (Lipinski definition) is 3. The minimum atomic E-state index is 0.0615. The summed E-state index contributed by atoms with van der Waals surface area (Å²) in [5.74, 6) is 0.331. The number of aromatic nitrogens is 1. The van der Waals surface area contributed by atoms with Gasteiger partial charge in [0.2, 0.25) is 0 Å². The minimum Gasteiger partial charge on any atom is -0.506 e. The number of aromatic hydroxyl groups is 1. The van der Waals surface area contributed by atoms with Crippen LogP contribution < -0.4 is 5.73 Å². The normalized spacial score (nSPS) is 9.70. The largest absolute Gasteiger partial charge is 0.506 e. The van der Waals surface area contributed by atoms with Crippen molar-refractivity contribution in [2.45, 2.75) is 5.88 Å². The molecule has 0 spiro atoms. The SMILES string of the molecule is Nc1cc(O)cnc1CCl. The third kappa shape index (κ3) is 1.30. The first-order valence-electron chi connectivity index (χ1n) is 2.73. The highest BCUT2D eigenvalue weighted by Crippen LogP contribution is 2.16. The summed E-state index contributed by atoms with van der Waals surface area (Å²) in [4.78, 5) is 3.79. The van der Waals surface area contributed by atoms with Crippen LogP contribution in [0.3, 0.4) is 0 Å². The van der Waals surface area contributed by atoms with Crippen LogP contribution in [0.25, 0.3) is 0 Å². The number of pyridine rings is 1. The molecule has 0 aliphatic rings. The lowest BCUT2D eigenvalue weighted by Gasteiger charge is -1.99. The van der Waals surface area contributed by atoms with Gasteiger partial charge in [0.05, 0.1) is 23.5 Å². The highest BCUT2D eigenvalue weighted by atomic mass is 35.5. The number of hydrogen-bond donors (Lipinski definition) is 2. The average molecular weight is 159 g/mol. The first-order valence-corrected chi connectivity index (χ1v) is 3.27. The van der Waals surface area contributed by atoms with E-state index in [9.17, 15) is 0 Å². The molecule has 54 valence electrons. The van der Waals surface area contributed by atoms with Gasteiger partial charge in [0.1, 0.15) is 5.75 Å². The van der Waals surface area contributed by atoms with Gasteiger partial charge in [-0.15, -0.1) is 11.6 Å². The predicted octanol–water partition coefficient (Wildman–Crippen LogP) is 1.11. The summed E-state index contributed by atoms with van der Waals surface area (Å²) in [5, 5.41) is 8.85. The molecule has 0 aliphatic carbocycles. The van der Waals surface area contributed by atoms with Gasteiger partial charge in [-0.1, -0.05) is 0 Å². The summed E-state index contributed by atoms with van der Waals surface area (Å²) in [7, 11) is 0. The van der Waals surface area contributed by atoms with Gasteiger partial charge in [0.25, 0.3) is 0 Å². The molecule has 10 heavy (non-hydrogen) atoms. The van der Waals surface area contributed by atoms with Crippen molar-refractivity contribution in [3.63, 3.8) is 0 Å². The van der Waals surface area contributed by atoms with Gasteiger partial charge >= 0.3 is 0 Å². The second kappa shape index (κ2) is 2.75. The molecular formula is C6H7ClN2O. The zero-order chi connectivity index (χ0) is 7.56. The van der Waals surface area contributed by atoms with E-state index >= 15 is 0 Å². The average Bonchev–Trinajstić information content (AvgIpc) is 1.88. The van der Waals surface area contributed by atoms with Gasteiger partial charge in [-0.05, 0) is 0 Å². The Kier molecular flexibility index (Phi) is 1.97. The molecule has 3 nitrogen and oxygen atoms in total. The van der Waals surface area contributed by atoms with Crippen molar-refractivity contribution in [1.29, 1.82) is 0 Å². The monoisotopic (exact) mass is 158 g/mol. The van der Waals surface area contributed by atoms with Crippen LogP contribution in [0.4, 0.5) is 5.69 Å². The molecule has 3 N–H and O–H groups in total. The molecule has 4 heteroatoms.